The number of benzene rings is 1. The highest BCUT2D eigenvalue weighted by molar-refractivity contribution is 6.63. The van der Waals surface area contributed by atoms with E-state index in [1.165, 1.54) is 0 Å². The van der Waals surface area contributed by atoms with Gasteiger partial charge in [0.15, 0.2) is 11.5 Å². The first kappa shape index (κ1) is 13.6. The van der Waals surface area contributed by atoms with Gasteiger partial charge in [-0.05, 0) is 35.7 Å². The van der Waals surface area contributed by atoms with E-state index in [-0.39, 0.29) is 11.7 Å². The number of hydrogen-bond acceptors (Lipinski definition) is 4. The molecule has 1 rings (SSSR count). The van der Waals surface area contributed by atoms with Gasteiger partial charge >= 0.3 is 0 Å². The highest BCUT2D eigenvalue weighted by Gasteiger charge is 2.13. The van der Waals surface area contributed by atoms with Crippen LogP contribution >= 0.6 is 11.6 Å². The van der Waals surface area contributed by atoms with Crippen LogP contribution in [0.2, 0.25) is 0 Å². The average molecular weight is 259 g/mol. The minimum atomic E-state index is -0.362. The monoisotopic (exact) mass is 258 g/mol. The molecule has 0 fully saturated rings. The van der Waals surface area contributed by atoms with Crippen molar-refractivity contribution in [3.63, 3.8) is 0 Å². The summed E-state index contributed by atoms with van der Waals surface area (Å²) < 4.78 is 15.6. The van der Waals surface area contributed by atoms with Crippen LogP contribution in [0.1, 0.15) is 12.0 Å². The fourth-order valence-corrected chi connectivity index (χ4v) is 1.62. The van der Waals surface area contributed by atoms with Crippen molar-refractivity contribution in [1.82, 2.24) is 0 Å². The number of carbonyl (C=O) groups excluding carboxylic acids is 1. The quantitative estimate of drug-likeness (QED) is 0.735. The first-order valence-corrected chi connectivity index (χ1v) is 5.47. The Morgan fingerprint density at radius 2 is 1.65 bits per heavy atom. The number of rotatable bonds is 6. The number of methoxy groups -OCH3 is 3. The predicted octanol–water partition coefficient (Wildman–Crippen LogP) is 2.41. The largest absolute Gasteiger partial charge is 0.493 e. The normalized spacial score (nSPS) is 9.88. The molecule has 94 valence electrons. The molecule has 0 aromatic heterocycles. The summed E-state index contributed by atoms with van der Waals surface area (Å²) in [6.45, 7) is 0. The van der Waals surface area contributed by atoms with Gasteiger partial charge in [0.1, 0.15) is 0 Å². The molecule has 0 bridgehead atoms. The lowest BCUT2D eigenvalue weighted by molar-refractivity contribution is -0.111. The van der Waals surface area contributed by atoms with Crippen LogP contribution in [0, 0.1) is 0 Å². The lowest BCUT2D eigenvalue weighted by Crippen LogP contribution is -1.98. The summed E-state index contributed by atoms with van der Waals surface area (Å²) in [5.41, 5.74) is 0.911. The molecular formula is C12H15ClO4. The van der Waals surface area contributed by atoms with E-state index in [1.807, 2.05) is 0 Å². The molecule has 0 saturated heterocycles. The standard InChI is InChI=1S/C12H15ClO4/c1-15-9-6-8(4-5-11(13)14)7-10(16-2)12(9)17-3/h6-7H,4-5H2,1-3H3. The Kier molecular flexibility index (Phi) is 5.10. The van der Waals surface area contributed by atoms with Crippen molar-refractivity contribution in [2.75, 3.05) is 21.3 Å². The number of carbonyl (C=O) groups is 1. The maximum Gasteiger partial charge on any atom is 0.221 e. The second kappa shape index (κ2) is 6.35. The fraction of sp³-hybridized carbons (Fsp3) is 0.417. The SMILES string of the molecule is COc1cc(CCC(=O)Cl)cc(OC)c1OC. The third kappa shape index (κ3) is 3.53. The van der Waals surface area contributed by atoms with E-state index in [0.717, 1.165) is 5.56 Å². The van der Waals surface area contributed by atoms with E-state index in [9.17, 15) is 4.79 Å². The smallest absolute Gasteiger partial charge is 0.221 e. The van der Waals surface area contributed by atoms with Gasteiger partial charge in [-0.1, -0.05) is 0 Å². The molecule has 0 aliphatic rings. The lowest BCUT2D eigenvalue weighted by Gasteiger charge is -2.13. The van der Waals surface area contributed by atoms with Gasteiger partial charge in [0.05, 0.1) is 21.3 Å². The van der Waals surface area contributed by atoms with Crippen molar-refractivity contribution < 1.29 is 19.0 Å². The second-order valence-electron chi connectivity index (χ2n) is 3.39. The molecule has 0 aliphatic carbocycles. The first-order chi connectivity index (χ1) is 8.12. The molecule has 0 atom stereocenters. The molecule has 0 unspecified atom stereocenters. The Balaban J connectivity index is 3.04. The first-order valence-electron chi connectivity index (χ1n) is 5.09. The Labute approximate surface area is 105 Å². The third-order valence-corrected chi connectivity index (χ3v) is 2.52. The van der Waals surface area contributed by atoms with E-state index in [0.29, 0.717) is 23.7 Å². The highest BCUT2D eigenvalue weighted by atomic mass is 35.5. The second-order valence-corrected chi connectivity index (χ2v) is 3.81. The van der Waals surface area contributed by atoms with Gasteiger partial charge in [-0.2, -0.15) is 0 Å². The minimum absolute atomic E-state index is 0.278. The molecule has 0 aliphatic heterocycles. The maximum atomic E-state index is 10.7. The third-order valence-electron chi connectivity index (χ3n) is 2.33. The summed E-state index contributed by atoms with van der Waals surface area (Å²) in [7, 11) is 4.64. The van der Waals surface area contributed by atoms with Crippen molar-refractivity contribution in [2.45, 2.75) is 12.8 Å². The van der Waals surface area contributed by atoms with Crippen molar-refractivity contribution in [3.05, 3.63) is 17.7 Å². The zero-order valence-electron chi connectivity index (χ0n) is 10.1. The van der Waals surface area contributed by atoms with Crippen LogP contribution in [0.4, 0.5) is 0 Å². The Hall–Kier alpha value is -1.42. The molecule has 0 amide bonds. The predicted molar refractivity (Wildman–Crippen MR) is 65.3 cm³/mol. The van der Waals surface area contributed by atoms with Crippen LogP contribution < -0.4 is 14.2 Å². The summed E-state index contributed by atoms with van der Waals surface area (Å²) in [5, 5.41) is -0.362. The molecule has 0 heterocycles. The minimum Gasteiger partial charge on any atom is -0.493 e. The molecule has 1 aromatic carbocycles. The van der Waals surface area contributed by atoms with Gasteiger partial charge in [-0.3, -0.25) is 4.79 Å². The van der Waals surface area contributed by atoms with E-state index in [4.69, 9.17) is 25.8 Å². The van der Waals surface area contributed by atoms with Crippen LogP contribution in [0.15, 0.2) is 12.1 Å². The molecule has 0 saturated carbocycles. The fourth-order valence-electron chi connectivity index (χ4n) is 1.52. The summed E-state index contributed by atoms with van der Waals surface area (Å²) in [5.74, 6) is 1.68. The molecule has 0 N–H and O–H groups in total. The van der Waals surface area contributed by atoms with Gasteiger partial charge in [0.2, 0.25) is 11.0 Å². The van der Waals surface area contributed by atoms with E-state index in [2.05, 4.69) is 0 Å². The molecule has 0 spiro atoms. The zero-order chi connectivity index (χ0) is 12.8. The summed E-state index contributed by atoms with van der Waals surface area (Å²) in [4.78, 5) is 10.7. The molecule has 17 heavy (non-hydrogen) atoms. The molecule has 5 heteroatoms. The maximum absolute atomic E-state index is 10.7. The molecule has 1 aromatic rings. The van der Waals surface area contributed by atoms with Crippen LogP contribution in [0.25, 0.3) is 0 Å². The van der Waals surface area contributed by atoms with Gasteiger partial charge in [-0.25, -0.2) is 0 Å². The van der Waals surface area contributed by atoms with E-state index >= 15 is 0 Å². The number of aryl methyl sites for hydroxylation is 1. The van der Waals surface area contributed by atoms with Crippen LogP contribution in [-0.2, 0) is 11.2 Å². The van der Waals surface area contributed by atoms with Crippen LogP contribution in [0.5, 0.6) is 17.2 Å². The van der Waals surface area contributed by atoms with Crippen molar-refractivity contribution >= 4 is 16.8 Å². The highest BCUT2D eigenvalue weighted by Crippen LogP contribution is 2.38. The van der Waals surface area contributed by atoms with Crippen LogP contribution in [0.3, 0.4) is 0 Å². The van der Waals surface area contributed by atoms with E-state index in [1.54, 1.807) is 33.5 Å². The summed E-state index contributed by atoms with van der Waals surface area (Å²) >= 11 is 5.31. The summed E-state index contributed by atoms with van der Waals surface area (Å²) in [6.07, 6.45) is 0.819. The topological polar surface area (TPSA) is 44.8 Å². The average Bonchev–Trinajstić information content (AvgIpc) is 2.34. The van der Waals surface area contributed by atoms with Gasteiger partial charge < -0.3 is 14.2 Å². The van der Waals surface area contributed by atoms with Crippen molar-refractivity contribution in [2.24, 2.45) is 0 Å². The molecule has 0 radical (unpaired) electrons. The molecular weight excluding hydrogens is 244 g/mol. The number of ether oxygens (including phenoxy) is 3. The molecule has 4 nitrogen and oxygen atoms in total. The van der Waals surface area contributed by atoms with Crippen molar-refractivity contribution in [3.8, 4) is 17.2 Å². The summed E-state index contributed by atoms with van der Waals surface area (Å²) in [6, 6.07) is 3.61. The van der Waals surface area contributed by atoms with Gasteiger partial charge in [-0.15, -0.1) is 0 Å². The zero-order valence-corrected chi connectivity index (χ0v) is 10.8. The Bertz CT molecular complexity index is 378. The lowest BCUT2D eigenvalue weighted by atomic mass is 10.1. The Morgan fingerprint density at radius 1 is 1.12 bits per heavy atom. The Morgan fingerprint density at radius 3 is 2.00 bits per heavy atom. The van der Waals surface area contributed by atoms with Crippen molar-refractivity contribution in [1.29, 1.82) is 0 Å². The van der Waals surface area contributed by atoms with Gasteiger partial charge in [0, 0.05) is 6.42 Å². The number of hydrogen-bond donors (Lipinski definition) is 0. The number of halogens is 1. The van der Waals surface area contributed by atoms with Gasteiger partial charge in [0.25, 0.3) is 0 Å². The van der Waals surface area contributed by atoms with Crippen LogP contribution in [-0.4, -0.2) is 26.6 Å². The van der Waals surface area contributed by atoms with E-state index < -0.39 is 0 Å².